The largest absolute Gasteiger partial charge is 0.377 e. The van der Waals surface area contributed by atoms with Gasteiger partial charge in [0, 0.05) is 13.1 Å². The Morgan fingerprint density at radius 1 is 1.15 bits per heavy atom. The van der Waals surface area contributed by atoms with E-state index in [9.17, 15) is 0 Å². The lowest BCUT2D eigenvalue weighted by Gasteiger charge is -2.25. The number of nitrogens with zero attached hydrogens (tertiary/aromatic N) is 1. The molecule has 1 aromatic rings. The molecule has 3 rings (SSSR count). The van der Waals surface area contributed by atoms with Crippen LogP contribution in [0.1, 0.15) is 30.4 Å². The van der Waals surface area contributed by atoms with Gasteiger partial charge in [-0.2, -0.15) is 0 Å². The summed E-state index contributed by atoms with van der Waals surface area (Å²) in [4.78, 5) is 2.55. The average Bonchev–Trinajstić information content (AvgIpc) is 2.70. The Hall–Kier alpha value is -0.900. The zero-order chi connectivity index (χ0) is 13.6. The molecule has 0 atom stereocenters. The molecule has 0 aliphatic carbocycles. The molecule has 0 saturated carbocycles. The highest BCUT2D eigenvalue weighted by molar-refractivity contribution is 5.27. The second kappa shape index (κ2) is 7.21. The van der Waals surface area contributed by atoms with Crippen molar-refractivity contribution >= 4 is 0 Å². The van der Waals surface area contributed by atoms with E-state index in [1.165, 1.54) is 43.4 Å². The Labute approximate surface area is 122 Å². The van der Waals surface area contributed by atoms with E-state index >= 15 is 0 Å². The van der Waals surface area contributed by atoms with Gasteiger partial charge >= 0.3 is 0 Å². The molecule has 20 heavy (non-hydrogen) atoms. The van der Waals surface area contributed by atoms with Crippen LogP contribution in [0, 0.1) is 0 Å². The molecular formula is C17H26N2O. The van der Waals surface area contributed by atoms with Gasteiger partial charge in [0.2, 0.25) is 0 Å². The van der Waals surface area contributed by atoms with Crippen LogP contribution in [0.15, 0.2) is 24.3 Å². The molecule has 110 valence electrons. The molecule has 3 nitrogen and oxygen atoms in total. The van der Waals surface area contributed by atoms with Crippen molar-refractivity contribution in [2.75, 3.05) is 32.8 Å². The number of rotatable bonds is 4. The van der Waals surface area contributed by atoms with Crippen molar-refractivity contribution in [3.8, 4) is 0 Å². The summed E-state index contributed by atoms with van der Waals surface area (Å²) in [5.74, 6) is 0. The van der Waals surface area contributed by atoms with Crippen LogP contribution in [0.25, 0.3) is 0 Å². The third kappa shape index (κ3) is 3.81. The quantitative estimate of drug-likeness (QED) is 0.911. The standard InChI is InChI=1S/C17H26N2O/c1-2-5-16-14-19(11-3-6-15(16)4-1)12-13-20-17-7-9-18-10-8-17/h1-2,4-5,17-18H,3,6-14H2. The third-order valence-electron chi connectivity index (χ3n) is 4.48. The van der Waals surface area contributed by atoms with Crippen molar-refractivity contribution in [2.24, 2.45) is 0 Å². The summed E-state index contributed by atoms with van der Waals surface area (Å²) in [7, 11) is 0. The highest BCUT2D eigenvalue weighted by atomic mass is 16.5. The SMILES string of the molecule is c1ccc2c(c1)CCCN(CCOC1CCNCC1)C2. The molecule has 3 heteroatoms. The molecule has 1 fully saturated rings. The van der Waals surface area contributed by atoms with Gasteiger partial charge in [0.15, 0.2) is 0 Å². The molecule has 0 unspecified atom stereocenters. The van der Waals surface area contributed by atoms with E-state index in [-0.39, 0.29) is 0 Å². The predicted octanol–water partition coefficient (Wildman–Crippen LogP) is 2.20. The number of fused-ring (bicyclic) bond motifs is 1. The Kier molecular flexibility index (Phi) is 5.06. The maximum atomic E-state index is 6.03. The predicted molar refractivity (Wildman–Crippen MR) is 81.9 cm³/mol. The smallest absolute Gasteiger partial charge is 0.0600 e. The van der Waals surface area contributed by atoms with Crippen LogP contribution in [0.5, 0.6) is 0 Å². The Balaban J connectivity index is 1.46. The molecule has 0 radical (unpaired) electrons. The van der Waals surface area contributed by atoms with Gasteiger partial charge < -0.3 is 10.1 Å². The Morgan fingerprint density at radius 2 is 1.95 bits per heavy atom. The van der Waals surface area contributed by atoms with Gasteiger partial charge in [-0.15, -0.1) is 0 Å². The van der Waals surface area contributed by atoms with Crippen LogP contribution >= 0.6 is 0 Å². The summed E-state index contributed by atoms with van der Waals surface area (Å²) in [6, 6.07) is 8.88. The highest BCUT2D eigenvalue weighted by Gasteiger charge is 2.16. The lowest BCUT2D eigenvalue weighted by atomic mass is 10.0. The first-order valence-corrected chi connectivity index (χ1v) is 8.03. The second-order valence-electron chi connectivity index (χ2n) is 5.97. The Bertz CT molecular complexity index is 415. The number of nitrogens with one attached hydrogen (secondary N) is 1. The summed E-state index contributed by atoms with van der Waals surface area (Å²) >= 11 is 0. The first-order chi connectivity index (χ1) is 9.92. The van der Waals surface area contributed by atoms with Gasteiger partial charge in [-0.25, -0.2) is 0 Å². The van der Waals surface area contributed by atoms with Gasteiger partial charge in [-0.1, -0.05) is 24.3 Å². The summed E-state index contributed by atoms with van der Waals surface area (Å²) in [6.07, 6.45) is 5.31. The van der Waals surface area contributed by atoms with E-state index in [2.05, 4.69) is 34.5 Å². The van der Waals surface area contributed by atoms with E-state index in [1.807, 2.05) is 0 Å². The van der Waals surface area contributed by atoms with Crippen LogP contribution in [-0.2, 0) is 17.7 Å². The summed E-state index contributed by atoms with van der Waals surface area (Å²) in [5.41, 5.74) is 3.04. The molecule has 0 amide bonds. The molecule has 2 heterocycles. The molecular weight excluding hydrogens is 248 g/mol. The van der Waals surface area contributed by atoms with Crippen LogP contribution in [-0.4, -0.2) is 43.8 Å². The number of aryl methyl sites for hydroxylation is 1. The van der Waals surface area contributed by atoms with Gasteiger partial charge in [-0.3, -0.25) is 4.90 Å². The second-order valence-corrected chi connectivity index (χ2v) is 5.97. The summed E-state index contributed by atoms with van der Waals surface area (Å²) in [6.45, 7) is 6.46. The number of piperidine rings is 1. The van der Waals surface area contributed by atoms with Crippen molar-refractivity contribution in [1.29, 1.82) is 0 Å². The van der Waals surface area contributed by atoms with Crippen molar-refractivity contribution in [1.82, 2.24) is 10.2 Å². The number of hydrogen-bond donors (Lipinski definition) is 1. The van der Waals surface area contributed by atoms with Crippen LogP contribution < -0.4 is 5.32 Å². The van der Waals surface area contributed by atoms with E-state index in [4.69, 9.17) is 4.74 Å². The molecule has 0 spiro atoms. The van der Waals surface area contributed by atoms with E-state index in [0.29, 0.717) is 6.10 Å². The van der Waals surface area contributed by atoms with E-state index in [1.54, 1.807) is 0 Å². The zero-order valence-corrected chi connectivity index (χ0v) is 12.3. The van der Waals surface area contributed by atoms with Crippen LogP contribution in [0.2, 0.25) is 0 Å². The molecule has 1 saturated heterocycles. The molecule has 0 aromatic heterocycles. The average molecular weight is 274 g/mol. The van der Waals surface area contributed by atoms with Crippen molar-refractivity contribution in [3.05, 3.63) is 35.4 Å². The minimum atomic E-state index is 0.482. The topological polar surface area (TPSA) is 24.5 Å². The van der Waals surface area contributed by atoms with E-state index in [0.717, 1.165) is 32.8 Å². The van der Waals surface area contributed by atoms with Crippen LogP contribution in [0.3, 0.4) is 0 Å². The van der Waals surface area contributed by atoms with Crippen molar-refractivity contribution in [2.45, 2.75) is 38.3 Å². The molecule has 2 aliphatic rings. The monoisotopic (exact) mass is 274 g/mol. The summed E-state index contributed by atoms with van der Waals surface area (Å²) < 4.78 is 6.03. The molecule has 0 bridgehead atoms. The van der Waals surface area contributed by atoms with Crippen LogP contribution in [0.4, 0.5) is 0 Å². The van der Waals surface area contributed by atoms with Gasteiger partial charge in [0.25, 0.3) is 0 Å². The fourth-order valence-corrected chi connectivity index (χ4v) is 3.27. The number of ether oxygens (including phenoxy) is 1. The van der Waals surface area contributed by atoms with Gasteiger partial charge in [0.1, 0.15) is 0 Å². The van der Waals surface area contributed by atoms with Gasteiger partial charge in [-0.05, 0) is 56.4 Å². The minimum Gasteiger partial charge on any atom is -0.377 e. The maximum absolute atomic E-state index is 6.03. The highest BCUT2D eigenvalue weighted by Crippen LogP contribution is 2.18. The third-order valence-corrected chi connectivity index (χ3v) is 4.48. The lowest BCUT2D eigenvalue weighted by molar-refractivity contribution is 0.0193. The maximum Gasteiger partial charge on any atom is 0.0600 e. The molecule has 1 N–H and O–H groups in total. The molecule has 1 aromatic carbocycles. The van der Waals surface area contributed by atoms with E-state index < -0.39 is 0 Å². The number of hydrogen-bond acceptors (Lipinski definition) is 3. The number of benzene rings is 1. The first kappa shape index (κ1) is 14.1. The van der Waals surface area contributed by atoms with Crippen molar-refractivity contribution in [3.63, 3.8) is 0 Å². The molecule has 2 aliphatic heterocycles. The fourth-order valence-electron chi connectivity index (χ4n) is 3.27. The van der Waals surface area contributed by atoms with Gasteiger partial charge in [0.05, 0.1) is 12.7 Å². The summed E-state index contributed by atoms with van der Waals surface area (Å²) in [5, 5.41) is 3.38. The first-order valence-electron chi connectivity index (χ1n) is 8.03. The van der Waals surface area contributed by atoms with Crippen molar-refractivity contribution < 1.29 is 4.74 Å². The lowest BCUT2D eigenvalue weighted by Crippen LogP contribution is -2.34. The fraction of sp³-hybridized carbons (Fsp3) is 0.647. The minimum absolute atomic E-state index is 0.482. The Morgan fingerprint density at radius 3 is 2.80 bits per heavy atom. The normalized spacial score (nSPS) is 21.4. The zero-order valence-electron chi connectivity index (χ0n) is 12.3.